The molecule has 0 atom stereocenters. The molecule has 3 aromatic rings. The third-order valence-electron chi connectivity index (χ3n) is 4.85. The molecule has 7 nitrogen and oxygen atoms in total. The van der Waals surface area contributed by atoms with Crippen LogP contribution in [0.4, 0.5) is 10.2 Å². The highest BCUT2D eigenvalue weighted by Crippen LogP contribution is 2.30. The largest absolute Gasteiger partial charge is 0.455 e. The number of hydrogen-bond donors (Lipinski definition) is 2. The van der Waals surface area contributed by atoms with Crippen molar-refractivity contribution >= 4 is 23.3 Å². The molecule has 0 spiro atoms. The minimum atomic E-state index is -0.637. The Morgan fingerprint density at radius 3 is 2.67 bits per heavy atom. The summed E-state index contributed by atoms with van der Waals surface area (Å²) in [6, 6.07) is 10.9. The maximum atomic E-state index is 13.8. The van der Waals surface area contributed by atoms with Gasteiger partial charge in [-0.2, -0.15) is 5.10 Å². The van der Waals surface area contributed by atoms with Crippen molar-refractivity contribution in [3.63, 3.8) is 0 Å². The van der Waals surface area contributed by atoms with Gasteiger partial charge < -0.3 is 9.73 Å². The Balaban J connectivity index is 1.58. The smallest absolute Gasteiger partial charge is 0.292 e. The zero-order valence-corrected chi connectivity index (χ0v) is 16.2. The van der Waals surface area contributed by atoms with Crippen LogP contribution in [0, 0.1) is 12.7 Å². The summed E-state index contributed by atoms with van der Waals surface area (Å²) in [5.74, 6) is -0.420. The average molecular weight is 406 g/mol. The predicted octanol–water partition coefficient (Wildman–Crippen LogP) is 3.84. The molecule has 2 N–H and O–H groups in total. The Morgan fingerprint density at radius 1 is 1.10 bits per heavy atom. The van der Waals surface area contributed by atoms with Crippen LogP contribution in [0.2, 0.25) is 0 Å². The zero-order valence-electron chi connectivity index (χ0n) is 16.2. The lowest BCUT2D eigenvalue weighted by Crippen LogP contribution is -2.23. The van der Waals surface area contributed by atoms with Gasteiger partial charge in [0.15, 0.2) is 5.76 Å². The van der Waals surface area contributed by atoms with Crippen molar-refractivity contribution in [1.82, 2.24) is 10.4 Å². The van der Waals surface area contributed by atoms with Gasteiger partial charge in [0.2, 0.25) is 0 Å². The lowest BCUT2D eigenvalue weighted by molar-refractivity contribution is 0.0949. The first-order valence-corrected chi connectivity index (χ1v) is 9.51. The van der Waals surface area contributed by atoms with E-state index in [4.69, 9.17) is 4.42 Å². The van der Waals surface area contributed by atoms with E-state index in [1.807, 2.05) is 0 Å². The SMILES string of the molecule is Cc1c(C(=O)Nc2ccccn2)oc2c1/C(=N/NC(=O)c1ccccc1F)CCC2. The quantitative estimate of drug-likeness (QED) is 0.644. The summed E-state index contributed by atoms with van der Waals surface area (Å²) in [6.07, 6.45) is 3.61. The highest BCUT2D eigenvalue weighted by Gasteiger charge is 2.28. The highest BCUT2D eigenvalue weighted by atomic mass is 19.1. The fourth-order valence-corrected chi connectivity index (χ4v) is 3.43. The molecule has 152 valence electrons. The monoisotopic (exact) mass is 406 g/mol. The number of fused-ring (bicyclic) bond motifs is 1. The number of furan rings is 1. The summed E-state index contributed by atoms with van der Waals surface area (Å²) in [7, 11) is 0. The average Bonchev–Trinajstić information content (AvgIpc) is 3.10. The molecule has 1 aromatic carbocycles. The summed E-state index contributed by atoms with van der Waals surface area (Å²) in [5, 5.41) is 6.91. The number of rotatable bonds is 4. The van der Waals surface area contributed by atoms with Gasteiger partial charge in [-0.05, 0) is 44.0 Å². The minimum Gasteiger partial charge on any atom is -0.455 e. The first-order chi connectivity index (χ1) is 14.5. The van der Waals surface area contributed by atoms with Crippen LogP contribution in [0.1, 0.15) is 50.6 Å². The summed E-state index contributed by atoms with van der Waals surface area (Å²) >= 11 is 0. The molecule has 0 bridgehead atoms. The Hall–Kier alpha value is -3.81. The van der Waals surface area contributed by atoms with Crippen LogP contribution in [-0.2, 0) is 6.42 Å². The number of hydrazone groups is 1. The Kier molecular flexibility index (Phi) is 5.38. The van der Waals surface area contributed by atoms with E-state index in [9.17, 15) is 14.0 Å². The molecule has 0 saturated heterocycles. The lowest BCUT2D eigenvalue weighted by Gasteiger charge is -2.13. The van der Waals surface area contributed by atoms with Crippen LogP contribution < -0.4 is 10.7 Å². The van der Waals surface area contributed by atoms with Crippen LogP contribution in [0.25, 0.3) is 0 Å². The number of anilines is 1. The molecule has 1 aliphatic rings. The van der Waals surface area contributed by atoms with Crippen LogP contribution >= 0.6 is 0 Å². The number of carbonyl (C=O) groups is 2. The van der Waals surface area contributed by atoms with E-state index in [1.165, 1.54) is 18.2 Å². The number of aryl methyl sites for hydroxylation is 1. The maximum Gasteiger partial charge on any atom is 0.292 e. The standard InChI is InChI=1S/C22H19FN4O3/c1-13-19-16(26-27-21(28)14-7-2-3-8-15(14)23)9-6-10-17(19)30-20(13)22(29)25-18-11-4-5-12-24-18/h2-5,7-8,11-12H,6,9-10H2,1H3,(H,27,28)(H,24,25,29)/b26-16+. The second-order valence-corrected chi connectivity index (χ2v) is 6.86. The molecule has 0 radical (unpaired) electrons. The number of pyridine rings is 1. The molecule has 0 aliphatic heterocycles. The molecule has 2 heterocycles. The van der Waals surface area contributed by atoms with Crippen molar-refractivity contribution in [3.8, 4) is 0 Å². The molecule has 1 aliphatic carbocycles. The van der Waals surface area contributed by atoms with Gasteiger partial charge in [0.1, 0.15) is 17.4 Å². The molecule has 30 heavy (non-hydrogen) atoms. The van der Waals surface area contributed by atoms with Crippen molar-refractivity contribution < 1.29 is 18.4 Å². The fourth-order valence-electron chi connectivity index (χ4n) is 3.43. The number of halogens is 1. The zero-order chi connectivity index (χ0) is 21.1. The van der Waals surface area contributed by atoms with Gasteiger partial charge in [-0.15, -0.1) is 0 Å². The Labute approximate surface area is 172 Å². The van der Waals surface area contributed by atoms with Crippen LogP contribution in [-0.4, -0.2) is 22.5 Å². The van der Waals surface area contributed by atoms with Gasteiger partial charge in [-0.1, -0.05) is 18.2 Å². The third-order valence-corrected chi connectivity index (χ3v) is 4.85. The second kappa shape index (κ2) is 8.28. The highest BCUT2D eigenvalue weighted by molar-refractivity contribution is 6.09. The van der Waals surface area contributed by atoms with Crippen molar-refractivity contribution in [2.75, 3.05) is 5.32 Å². The van der Waals surface area contributed by atoms with Gasteiger partial charge >= 0.3 is 0 Å². The number of aromatic nitrogens is 1. The number of benzene rings is 1. The van der Waals surface area contributed by atoms with E-state index >= 15 is 0 Å². The Bertz CT molecular complexity index is 1140. The molecule has 0 saturated carbocycles. The molecule has 0 fully saturated rings. The van der Waals surface area contributed by atoms with E-state index in [1.54, 1.807) is 37.4 Å². The summed E-state index contributed by atoms with van der Waals surface area (Å²) in [5.41, 5.74) is 4.27. The van der Waals surface area contributed by atoms with E-state index in [-0.39, 0.29) is 11.3 Å². The van der Waals surface area contributed by atoms with Crippen molar-refractivity contribution in [3.05, 3.63) is 82.7 Å². The van der Waals surface area contributed by atoms with Gasteiger partial charge in [-0.25, -0.2) is 14.8 Å². The van der Waals surface area contributed by atoms with E-state index in [2.05, 4.69) is 20.8 Å². The topological polar surface area (TPSA) is 96.6 Å². The van der Waals surface area contributed by atoms with Gasteiger partial charge in [-0.3, -0.25) is 9.59 Å². The van der Waals surface area contributed by atoms with Gasteiger partial charge in [0, 0.05) is 23.7 Å². The van der Waals surface area contributed by atoms with Crippen LogP contribution in [0.5, 0.6) is 0 Å². The van der Waals surface area contributed by atoms with Crippen molar-refractivity contribution in [2.45, 2.75) is 26.2 Å². The summed E-state index contributed by atoms with van der Waals surface area (Å²) in [6.45, 7) is 1.77. The Morgan fingerprint density at radius 2 is 1.90 bits per heavy atom. The molecular formula is C22H19FN4O3. The number of hydrogen-bond acceptors (Lipinski definition) is 5. The molecule has 8 heteroatoms. The number of amides is 2. The molecule has 2 amide bonds. The normalized spacial score (nSPS) is 14.3. The first kappa shape index (κ1) is 19.5. The predicted molar refractivity (Wildman–Crippen MR) is 109 cm³/mol. The molecule has 0 unspecified atom stereocenters. The van der Waals surface area contributed by atoms with Crippen molar-refractivity contribution in [1.29, 1.82) is 0 Å². The number of nitrogens with one attached hydrogen (secondary N) is 2. The van der Waals surface area contributed by atoms with Gasteiger partial charge in [0.25, 0.3) is 11.8 Å². The fraction of sp³-hybridized carbons (Fsp3) is 0.182. The van der Waals surface area contributed by atoms with Gasteiger partial charge in [0.05, 0.1) is 11.3 Å². The first-order valence-electron chi connectivity index (χ1n) is 9.51. The second-order valence-electron chi connectivity index (χ2n) is 6.86. The molecular weight excluding hydrogens is 387 g/mol. The maximum absolute atomic E-state index is 13.8. The lowest BCUT2D eigenvalue weighted by atomic mass is 9.93. The molecule has 4 rings (SSSR count). The minimum absolute atomic E-state index is 0.0859. The number of carbonyl (C=O) groups excluding carboxylic acids is 2. The summed E-state index contributed by atoms with van der Waals surface area (Å²) in [4.78, 5) is 29.0. The van der Waals surface area contributed by atoms with E-state index < -0.39 is 17.6 Å². The summed E-state index contributed by atoms with van der Waals surface area (Å²) < 4.78 is 19.6. The van der Waals surface area contributed by atoms with Crippen LogP contribution in [0.3, 0.4) is 0 Å². The van der Waals surface area contributed by atoms with Crippen molar-refractivity contribution in [2.24, 2.45) is 5.10 Å². The van der Waals surface area contributed by atoms with E-state index in [0.29, 0.717) is 41.3 Å². The molecule has 2 aromatic heterocycles. The third kappa shape index (κ3) is 3.84. The van der Waals surface area contributed by atoms with E-state index in [0.717, 1.165) is 6.42 Å². The number of nitrogens with zero attached hydrogens (tertiary/aromatic N) is 2. The van der Waals surface area contributed by atoms with Crippen LogP contribution in [0.15, 0.2) is 58.2 Å².